The van der Waals surface area contributed by atoms with E-state index in [1.54, 1.807) is 0 Å². The summed E-state index contributed by atoms with van der Waals surface area (Å²) in [6.07, 6.45) is 0. The smallest absolute Gasteiger partial charge is 0.191 e. The molecule has 0 rings (SSSR count). The van der Waals surface area contributed by atoms with Crippen molar-refractivity contribution in [2.24, 2.45) is 0 Å². The van der Waals surface area contributed by atoms with Gasteiger partial charge in [-0.1, -0.05) is 0 Å². The third kappa shape index (κ3) is 4.22. The summed E-state index contributed by atoms with van der Waals surface area (Å²) in [7, 11) is -1.42. The van der Waals surface area contributed by atoms with Crippen molar-refractivity contribution in [3.05, 3.63) is 0 Å². The van der Waals surface area contributed by atoms with Gasteiger partial charge in [0.15, 0.2) is 25.4 Å². The summed E-state index contributed by atoms with van der Waals surface area (Å²) in [5.74, 6) is 0. The second kappa shape index (κ2) is 4.56. The Morgan fingerprint density at radius 2 is 1.55 bits per heavy atom. The van der Waals surface area contributed by atoms with Crippen molar-refractivity contribution in [1.82, 2.24) is 0 Å². The van der Waals surface area contributed by atoms with Crippen LogP contribution in [0.3, 0.4) is 0 Å². The molecule has 0 fully saturated rings. The van der Waals surface area contributed by atoms with E-state index in [2.05, 4.69) is 32.7 Å². The van der Waals surface area contributed by atoms with E-state index in [4.69, 9.17) is 8.54 Å². The molecule has 1 unspecified atom stereocenters. The van der Waals surface area contributed by atoms with Gasteiger partial charge in [-0.25, -0.2) is 0 Å². The molecule has 5 heteroatoms. The Bertz CT molecular complexity index is 116. The Labute approximate surface area is 74.3 Å². The molecular weight excluding hydrogens is 188 g/mol. The van der Waals surface area contributed by atoms with Crippen LogP contribution in [0, 0.1) is 0 Å². The molecule has 0 aromatic carbocycles. The lowest BCUT2D eigenvalue weighted by Gasteiger charge is -2.29. The van der Waals surface area contributed by atoms with Crippen molar-refractivity contribution >= 4 is 25.4 Å². The lowest BCUT2D eigenvalue weighted by Crippen LogP contribution is -2.50. The molecule has 0 aliphatic carbocycles. The maximum atomic E-state index is 6.00. The van der Waals surface area contributed by atoms with Gasteiger partial charge in [-0.3, -0.25) is 0 Å². The zero-order chi connectivity index (χ0) is 9.07. The van der Waals surface area contributed by atoms with Gasteiger partial charge in [-0.05, 0) is 32.7 Å². The van der Waals surface area contributed by atoms with Gasteiger partial charge in [0.25, 0.3) is 0 Å². The van der Waals surface area contributed by atoms with E-state index in [0.29, 0.717) is 0 Å². The van der Waals surface area contributed by atoms with Gasteiger partial charge in [-0.2, -0.15) is 0 Å². The second-order valence-corrected chi connectivity index (χ2v) is 18.3. The molecule has 0 radical (unpaired) electrons. The Hall–Kier alpha value is 0.571. The van der Waals surface area contributed by atoms with Crippen molar-refractivity contribution < 1.29 is 8.54 Å². The fourth-order valence-electron chi connectivity index (χ4n) is 0.987. The van der Waals surface area contributed by atoms with Crippen LogP contribution in [0.4, 0.5) is 0 Å². The third-order valence-electron chi connectivity index (χ3n) is 1.87. The largest absolute Gasteiger partial charge is 0.459 e. The van der Waals surface area contributed by atoms with Crippen molar-refractivity contribution in [1.29, 1.82) is 0 Å². The second-order valence-electron chi connectivity index (χ2n) is 3.65. The average Bonchev–Trinajstić information content (AvgIpc) is 1.83. The normalized spacial score (nSPS) is 15.5. The quantitative estimate of drug-likeness (QED) is 0.648. The van der Waals surface area contributed by atoms with Crippen LogP contribution in [0.1, 0.15) is 0 Å². The maximum Gasteiger partial charge on any atom is 0.191 e. The maximum absolute atomic E-state index is 6.00. The van der Waals surface area contributed by atoms with Crippen LogP contribution in [0.2, 0.25) is 32.7 Å². The minimum atomic E-state index is -1.39. The fraction of sp³-hybridized carbons (Fsp3) is 1.00. The molecule has 0 aromatic rings. The Kier molecular flexibility index (Phi) is 4.80. The lowest BCUT2D eigenvalue weighted by molar-refractivity contribution is 0.428. The van der Waals surface area contributed by atoms with Crippen LogP contribution in [0.15, 0.2) is 0 Å². The van der Waals surface area contributed by atoms with E-state index in [1.165, 1.54) is 0 Å². The SMILES string of the molecule is CO[SiH](C)[Si](C)(C)O[SiH](C)C. The highest BCUT2D eigenvalue weighted by atomic mass is 29.3. The van der Waals surface area contributed by atoms with E-state index in [9.17, 15) is 0 Å². The van der Waals surface area contributed by atoms with Crippen LogP contribution in [0.5, 0.6) is 0 Å². The van der Waals surface area contributed by atoms with Crippen LogP contribution in [0.25, 0.3) is 0 Å². The molecule has 0 saturated carbocycles. The van der Waals surface area contributed by atoms with Gasteiger partial charge in [-0.15, -0.1) is 0 Å². The zero-order valence-corrected chi connectivity index (χ0v) is 11.8. The molecule has 68 valence electrons. The molecule has 0 bridgehead atoms. The lowest BCUT2D eigenvalue weighted by atomic mass is 11.8. The molecule has 0 N–H and O–H groups in total. The summed E-state index contributed by atoms with van der Waals surface area (Å²) in [5, 5.41) is 0. The van der Waals surface area contributed by atoms with Crippen LogP contribution in [-0.2, 0) is 8.54 Å². The number of hydrogen-bond donors (Lipinski definition) is 0. The Balaban J connectivity index is 3.98. The summed E-state index contributed by atoms with van der Waals surface area (Å²) in [5.41, 5.74) is 0. The highest BCUT2D eigenvalue weighted by Crippen LogP contribution is 2.10. The van der Waals surface area contributed by atoms with Crippen molar-refractivity contribution in [2.45, 2.75) is 32.7 Å². The van der Waals surface area contributed by atoms with Crippen LogP contribution < -0.4 is 0 Å². The summed E-state index contributed by atoms with van der Waals surface area (Å²) >= 11 is 0. The molecule has 0 aliphatic rings. The Morgan fingerprint density at radius 1 is 1.09 bits per heavy atom. The molecular formula is C6H20O2Si3. The predicted molar refractivity (Wildman–Crippen MR) is 57.5 cm³/mol. The van der Waals surface area contributed by atoms with E-state index >= 15 is 0 Å². The summed E-state index contributed by atoms with van der Waals surface area (Å²) in [4.78, 5) is 0. The first-order chi connectivity index (χ1) is 4.90. The average molecular weight is 208 g/mol. The van der Waals surface area contributed by atoms with Crippen molar-refractivity contribution in [3.63, 3.8) is 0 Å². The van der Waals surface area contributed by atoms with Gasteiger partial charge in [0, 0.05) is 7.11 Å². The topological polar surface area (TPSA) is 18.5 Å². The van der Waals surface area contributed by atoms with Gasteiger partial charge in [0.1, 0.15) is 0 Å². The standard InChI is InChI=1S/C6H20O2Si3/c1-7-10(4)11(5,6)8-9(2)3/h9-10H,1-6H3. The minimum Gasteiger partial charge on any atom is -0.459 e. The molecule has 2 nitrogen and oxygen atoms in total. The highest BCUT2D eigenvalue weighted by Gasteiger charge is 2.32. The molecule has 0 amide bonds. The predicted octanol–water partition coefficient (Wildman–Crippen LogP) is 1.27. The van der Waals surface area contributed by atoms with Gasteiger partial charge < -0.3 is 8.54 Å². The molecule has 0 saturated heterocycles. The molecule has 1 atom stereocenters. The zero-order valence-electron chi connectivity index (χ0n) is 8.47. The molecule has 0 spiro atoms. The first-order valence-electron chi connectivity index (χ1n) is 4.10. The molecule has 0 aromatic heterocycles. The van der Waals surface area contributed by atoms with E-state index in [-0.39, 0.29) is 0 Å². The monoisotopic (exact) mass is 208 g/mol. The van der Waals surface area contributed by atoms with E-state index < -0.39 is 25.4 Å². The van der Waals surface area contributed by atoms with E-state index in [1.807, 2.05) is 7.11 Å². The van der Waals surface area contributed by atoms with Crippen molar-refractivity contribution in [3.8, 4) is 0 Å². The third-order valence-corrected chi connectivity index (χ3v) is 16.7. The minimum absolute atomic E-state index is 0.849. The summed E-state index contributed by atoms with van der Waals surface area (Å²) in [6, 6.07) is 0. The highest BCUT2D eigenvalue weighted by molar-refractivity contribution is 7.27. The first-order valence-corrected chi connectivity index (χ1v) is 13.2. The van der Waals surface area contributed by atoms with Gasteiger partial charge in [0.2, 0.25) is 0 Å². The summed E-state index contributed by atoms with van der Waals surface area (Å²) in [6.45, 7) is 11.3. The number of rotatable bonds is 4. The summed E-state index contributed by atoms with van der Waals surface area (Å²) < 4.78 is 11.4. The fourth-order valence-corrected chi connectivity index (χ4v) is 13.1. The Morgan fingerprint density at radius 3 is 1.82 bits per heavy atom. The first kappa shape index (κ1) is 11.6. The van der Waals surface area contributed by atoms with Gasteiger partial charge >= 0.3 is 0 Å². The number of hydrogen-bond acceptors (Lipinski definition) is 2. The van der Waals surface area contributed by atoms with Crippen molar-refractivity contribution in [2.75, 3.05) is 7.11 Å². The molecule has 0 heterocycles. The molecule has 11 heavy (non-hydrogen) atoms. The van der Waals surface area contributed by atoms with Crippen LogP contribution in [-0.4, -0.2) is 32.5 Å². The van der Waals surface area contributed by atoms with Gasteiger partial charge in [0.05, 0.1) is 0 Å². The van der Waals surface area contributed by atoms with Crippen LogP contribution >= 0.6 is 0 Å². The van der Waals surface area contributed by atoms with E-state index in [0.717, 1.165) is 0 Å². The molecule has 0 aliphatic heterocycles.